The Balaban J connectivity index is 1.62. The molecule has 1 N–H and O–H groups in total. The average molecular weight is 484 g/mol. The van der Waals surface area contributed by atoms with Crippen LogP contribution in [0.25, 0.3) is 5.69 Å². The van der Waals surface area contributed by atoms with Crippen LogP contribution in [0, 0.1) is 27.7 Å². The third kappa shape index (κ3) is 5.24. The van der Waals surface area contributed by atoms with Crippen LogP contribution in [0.5, 0.6) is 0 Å². The van der Waals surface area contributed by atoms with E-state index in [4.69, 9.17) is 0 Å². The lowest BCUT2D eigenvalue weighted by Crippen LogP contribution is -2.19. The summed E-state index contributed by atoms with van der Waals surface area (Å²) in [4.78, 5) is 12.1. The van der Waals surface area contributed by atoms with Gasteiger partial charge in [0.05, 0.1) is 12.0 Å². The number of halogens is 1. The predicted octanol–water partition coefficient (Wildman–Crippen LogP) is 5.86. The molecule has 6 heteroatoms. The summed E-state index contributed by atoms with van der Waals surface area (Å²) in [5.74, 6) is 1.08. The van der Waals surface area contributed by atoms with E-state index < -0.39 is 0 Å². The van der Waals surface area contributed by atoms with Gasteiger partial charge in [-0.25, -0.2) is 5.43 Å². The molecule has 0 saturated heterocycles. The molecule has 1 amide bonds. The van der Waals surface area contributed by atoms with Gasteiger partial charge in [-0.05, 0) is 66.9 Å². The number of hydrogen-bond donors (Lipinski definition) is 1. The zero-order valence-corrected chi connectivity index (χ0v) is 20.1. The molecule has 0 aliphatic rings. The summed E-state index contributed by atoms with van der Waals surface area (Å²) < 4.78 is 3.16. The van der Waals surface area contributed by atoms with Crippen LogP contribution >= 0.6 is 27.7 Å². The number of aromatic nitrogens is 1. The highest BCUT2D eigenvalue weighted by molar-refractivity contribution is 9.10. The number of hydrazone groups is 1. The second kappa shape index (κ2) is 10.1. The first kappa shape index (κ1) is 22.4. The number of aryl methyl sites for hydroxylation is 2. The zero-order valence-electron chi connectivity index (χ0n) is 17.7. The van der Waals surface area contributed by atoms with Crippen LogP contribution in [-0.4, -0.2) is 22.4 Å². The molecule has 4 nitrogen and oxygen atoms in total. The van der Waals surface area contributed by atoms with Crippen molar-refractivity contribution in [1.29, 1.82) is 0 Å². The average Bonchev–Trinajstić information content (AvgIpc) is 2.93. The Kier molecular flexibility index (Phi) is 7.56. The van der Waals surface area contributed by atoms with Gasteiger partial charge in [0.1, 0.15) is 0 Å². The second-order valence-electron chi connectivity index (χ2n) is 7.28. The van der Waals surface area contributed by atoms with Crippen LogP contribution in [0.4, 0.5) is 0 Å². The molecule has 156 valence electrons. The molecular weight excluding hydrogens is 458 g/mol. The summed E-state index contributed by atoms with van der Waals surface area (Å²) in [5, 5.41) is 4.19. The Labute approximate surface area is 190 Å². The van der Waals surface area contributed by atoms with E-state index >= 15 is 0 Å². The molecule has 0 bridgehead atoms. The molecule has 1 aromatic heterocycles. The Morgan fingerprint density at radius 2 is 1.77 bits per heavy atom. The van der Waals surface area contributed by atoms with Gasteiger partial charge in [0, 0.05) is 32.9 Å². The maximum atomic E-state index is 12.1. The van der Waals surface area contributed by atoms with E-state index in [-0.39, 0.29) is 5.91 Å². The minimum atomic E-state index is -0.103. The highest BCUT2D eigenvalue weighted by Gasteiger charge is 2.15. The fraction of sp³-hybridized carbons (Fsp3) is 0.250. The summed E-state index contributed by atoms with van der Waals surface area (Å²) in [6, 6.07) is 16.7. The van der Waals surface area contributed by atoms with E-state index in [2.05, 4.69) is 95.1 Å². The minimum absolute atomic E-state index is 0.103. The number of amides is 1. The van der Waals surface area contributed by atoms with Gasteiger partial charge in [-0.2, -0.15) is 5.10 Å². The molecule has 0 spiro atoms. The Hall–Kier alpha value is -2.31. The second-order valence-corrected chi connectivity index (χ2v) is 9.06. The Morgan fingerprint density at radius 1 is 1.07 bits per heavy atom. The van der Waals surface area contributed by atoms with Gasteiger partial charge in [-0.1, -0.05) is 42.0 Å². The van der Waals surface area contributed by atoms with E-state index in [0.717, 1.165) is 32.9 Å². The molecule has 2 aromatic carbocycles. The monoisotopic (exact) mass is 483 g/mol. The van der Waals surface area contributed by atoms with Gasteiger partial charge in [-0.15, -0.1) is 11.8 Å². The molecule has 3 aromatic rings. The quantitative estimate of drug-likeness (QED) is 0.338. The summed E-state index contributed by atoms with van der Waals surface area (Å²) in [7, 11) is 0. The first-order chi connectivity index (χ1) is 14.4. The van der Waals surface area contributed by atoms with E-state index in [1.807, 2.05) is 12.1 Å². The SMILES string of the molecule is Cc1ccc(-n2c(C)c(Br)c(/C=N\NC(=O)CSCc3ccccc3C)c2C)cc1. The number of rotatable bonds is 7. The molecule has 0 aliphatic heterocycles. The van der Waals surface area contributed by atoms with Crippen molar-refractivity contribution >= 4 is 39.8 Å². The first-order valence-electron chi connectivity index (χ1n) is 9.77. The molecule has 0 fully saturated rings. The summed E-state index contributed by atoms with van der Waals surface area (Å²) in [5.41, 5.74) is 10.6. The molecule has 0 aliphatic carbocycles. The van der Waals surface area contributed by atoms with E-state index in [9.17, 15) is 4.79 Å². The van der Waals surface area contributed by atoms with Gasteiger partial charge in [0.2, 0.25) is 5.91 Å². The van der Waals surface area contributed by atoms with Crippen molar-refractivity contribution < 1.29 is 4.79 Å². The molecule has 0 radical (unpaired) electrons. The summed E-state index contributed by atoms with van der Waals surface area (Å²) in [6.07, 6.45) is 1.71. The summed E-state index contributed by atoms with van der Waals surface area (Å²) in [6.45, 7) is 8.29. The summed E-state index contributed by atoms with van der Waals surface area (Å²) >= 11 is 5.26. The zero-order chi connectivity index (χ0) is 21.7. The van der Waals surface area contributed by atoms with Crippen molar-refractivity contribution in [2.45, 2.75) is 33.4 Å². The van der Waals surface area contributed by atoms with Crippen molar-refractivity contribution in [1.82, 2.24) is 9.99 Å². The third-order valence-corrected chi connectivity index (χ3v) is 7.02. The lowest BCUT2D eigenvalue weighted by molar-refractivity contribution is -0.118. The predicted molar refractivity (Wildman–Crippen MR) is 131 cm³/mol. The number of benzene rings is 2. The van der Waals surface area contributed by atoms with Crippen molar-refractivity contribution in [2.75, 3.05) is 5.75 Å². The van der Waals surface area contributed by atoms with Crippen LogP contribution in [0.3, 0.4) is 0 Å². The van der Waals surface area contributed by atoms with Crippen LogP contribution in [0.1, 0.15) is 33.6 Å². The molecule has 0 atom stereocenters. The van der Waals surface area contributed by atoms with Crippen molar-refractivity contribution in [2.24, 2.45) is 5.10 Å². The van der Waals surface area contributed by atoms with Crippen LogP contribution in [0.15, 0.2) is 58.1 Å². The number of thioether (sulfide) groups is 1. The lowest BCUT2D eigenvalue weighted by atomic mass is 10.1. The number of nitrogens with zero attached hydrogens (tertiary/aromatic N) is 2. The van der Waals surface area contributed by atoms with Gasteiger partial charge in [-0.3, -0.25) is 4.79 Å². The van der Waals surface area contributed by atoms with Crippen molar-refractivity contribution in [3.8, 4) is 5.69 Å². The highest BCUT2D eigenvalue weighted by Crippen LogP contribution is 2.29. The lowest BCUT2D eigenvalue weighted by Gasteiger charge is -2.09. The van der Waals surface area contributed by atoms with E-state index in [0.29, 0.717) is 5.75 Å². The number of carbonyl (C=O) groups is 1. The standard InChI is InChI=1S/C24H26BrN3OS/c1-16-9-11-21(12-10-16)28-18(3)22(24(25)19(28)4)13-26-27-23(29)15-30-14-20-8-6-5-7-17(20)2/h5-13H,14-15H2,1-4H3,(H,27,29)/b26-13-. The molecule has 3 rings (SSSR count). The largest absolute Gasteiger partial charge is 0.317 e. The van der Waals surface area contributed by atoms with E-state index in [1.54, 1.807) is 18.0 Å². The van der Waals surface area contributed by atoms with Gasteiger partial charge in [0.25, 0.3) is 0 Å². The topological polar surface area (TPSA) is 46.4 Å². The fourth-order valence-corrected chi connectivity index (χ4v) is 4.74. The van der Waals surface area contributed by atoms with Gasteiger partial charge >= 0.3 is 0 Å². The molecule has 1 heterocycles. The fourth-order valence-electron chi connectivity index (χ4n) is 3.28. The highest BCUT2D eigenvalue weighted by atomic mass is 79.9. The molecular formula is C24H26BrN3OS. The number of hydrogen-bond acceptors (Lipinski definition) is 3. The number of nitrogens with one attached hydrogen (secondary N) is 1. The number of carbonyl (C=O) groups excluding carboxylic acids is 1. The molecule has 0 saturated carbocycles. The maximum absolute atomic E-state index is 12.1. The van der Waals surface area contributed by atoms with Crippen molar-refractivity contribution in [3.63, 3.8) is 0 Å². The molecule has 0 unspecified atom stereocenters. The first-order valence-corrected chi connectivity index (χ1v) is 11.7. The van der Waals surface area contributed by atoms with Crippen LogP contribution in [0.2, 0.25) is 0 Å². The Morgan fingerprint density at radius 3 is 2.47 bits per heavy atom. The van der Waals surface area contributed by atoms with Crippen LogP contribution in [-0.2, 0) is 10.5 Å². The normalized spacial score (nSPS) is 11.2. The van der Waals surface area contributed by atoms with E-state index in [1.165, 1.54) is 16.7 Å². The smallest absolute Gasteiger partial charge is 0.250 e. The maximum Gasteiger partial charge on any atom is 0.250 e. The van der Waals surface area contributed by atoms with Gasteiger partial charge < -0.3 is 4.57 Å². The molecule has 30 heavy (non-hydrogen) atoms. The Bertz CT molecular complexity index is 1070. The van der Waals surface area contributed by atoms with Crippen LogP contribution < -0.4 is 5.43 Å². The minimum Gasteiger partial charge on any atom is -0.317 e. The van der Waals surface area contributed by atoms with Gasteiger partial charge in [0.15, 0.2) is 0 Å². The van der Waals surface area contributed by atoms with Crippen molar-refractivity contribution in [3.05, 3.63) is 86.6 Å². The third-order valence-electron chi connectivity index (χ3n) is 5.04.